The van der Waals surface area contributed by atoms with E-state index >= 15 is 0 Å². The van der Waals surface area contributed by atoms with Crippen molar-refractivity contribution in [3.8, 4) is 11.5 Å². The molecule has 2 aromatic rings. The van der Waals surface area contributed by atoms with Crippen molar-refractivity contribution in [2.75, 3.05) is 13.2 Å². The maximum absolute atomic E-state index is 12.6. The summed E-state index contributed by atoms with van der Waals surface area (Å²) in [4.78, 5) is 10.4. The van der Waals surface area contributed by atoms with Crippen molar-refractivity contribution < 1.29 is 18.9 Å². The highest BCUT2D eigenvalue weighted by Gasteiger charge is 2.24. The number of rotatable bonds is 6. The summed E-state index contributed by atoms with van der Waals surface area (Å²) < 4.78 is 23.3. The fourth-order valence-corrected chi connectivity index (χ4v) is 3.38. The zero-order valence-corrected chi connectivity index (χ0v) is 13.0. The summed E-state index contributed by atoms with van der Waals surface area (Å²) in [6, 6.07) is 13.3. The second kappa shape index (κ2) is 6.79. The average Bonchev–Trinajstić information content (AvgIpc) is 2.49. The number of hydrogen-bond donors (Lipinski definition) is 1. The normalized spacial score (nSPS) is 11.2. The first-order chi connectivity index (χ1) is 10.1. The fourth-order valence-electron chi connectivity index (χ4n) is 1.97. The third-order valence-electron chi connectivity index (χ3n) is 3.00. The van der Waals surface area contributed by atoms with Gasteiger partial charge in [-0.15, -0.1) is 0 Å². The van der Waals surface area contributed by atoms with Gasteiger partial charge in [0.1, 0.15) is 11.5 Å². The first-order valence-corrected chi connectivity index (χ1v) is 8.53. The molecule has 0 aliphatic heterocycles. The van der Waals surface area contributed by atoms with Crippen LogP contribution in [0.3, 0.4) is 0 Å². The van der Waals surface area contributed by atoms with E-state index in [-0.39, 0.29) is 0 Å². The van der Waals surface area contributed by atoms with Crippen LogP contribution in [-0.4, -0.2) is 18.1 Å². The molecule has 0 atom stereocenters. The third-order valence-corrected chi connectivity index (χ3v) is 4.99. The van der Waals surface area contributed by atoms with Gasteiger partial charge in [0.05, 0.1) is 13.2 Å². The van der Waals surface area contributed by atoms with E-state index in [1.165, 1.54) is 0 Å². The standard InChI is InChI=1S/C16H19O4P/c1-3-19-13-5-9-15(10-6-13)21(17,18)16-11-7-14(8-12-16)20-4-2/h5-12H,3-4H2,1-2H3,(H,17,18). The van der Waals surface area contributed by atoms with Gasteiger partial charge in [-0.25, -0.2) is 0 Å². The Kier molecular flexibility index (Phi) is 5.05. The van der Waals surface area contributed by atoms with E-state index in [9.17, 15) is 9.46 Å². The molecular formula is C16H19O4P. The van der Waals surface area contributed by atoms with Crippen molar-refractivity contribution in [2.45, 2.75) is 13.8 Å². The van der Waals surface area contributed by atoms with Crippen molar-refractivity contribution in [1.29, 1.82) is 0 Å². The average molecular weight is 306 g/mol. The molecule has 0 saturated heterocycles. The minimum absolute atomic E-state index is 0.384. The van der Waals surface area contributed by atoms with E-state index in [0.29, 0.717) is 35.3 Å². The topological polar surface area (TPSA) is 55.8 Å². The van der Waals surface area contributed by atoms with E-state index in [4.69, 9.17) is 9.47 Å². The quantitative estimate of drug-likeness (QED) is 0.834. The summed E-state index contributed by atoms with van der Waals surface area (Å²) >= 11 is 0. The highest BCUT2D eigenvalue weighted by atomic mass is 31.2. The summed E-state index contributed by atoms with van der Waals surface area (Å²) in [5, 5.41) is 0.769. The predicted molar refractivity (Wildman–Crippen MR) is 84.3 cm³/mol. The van der Waals surface area contributed by atoms with Crippen LogP contribution < -0.4 is 20.1 Å². The van der Waals surface area contributed by atoms with E-state index in [2.05, 4.69) is 0 Å². The van der Waals surface area contributed by atoms with Gasteiger partial charge in [0.15, 0.2) is 0 Å². The fraction of sp³-hybridized carbons (Fsp3) is 0.250. The molecule has 0 heterocycles. The van der Waals surface area contributed by atoms with Crippen LogP contribution in [0, 0.1) is 0 Å². The molecule has 21 heavy (non-hydrogen) atoms. The minimum Gasteiger partial charge on any atom is -0.494 e. The molecule has 0 radical (unpaired) electrons. The molecule has 5 heteroatoms. The van der Waals surface area contributed by atoms with Gasteiger partial charge in [-0.2, -0.15) is 0 Å². The summed E-state index contributed by atoms with van der Waals surface area (Å²) in [5.74, 6) is 1.38. The van der Waals surface area contributed by atoms with Gasteiger partial charge in [0.25, 0.3) is 7.37 Å². The van der Waals surface area contributed by atoms with Crippen molar-refractivity contribution in [3.63, 3.8) is 0 Å². The van der Waals surface area contributed by atoms with Gasteiger partial charge >= 0.3 is 0 Å². The SMILES string of the molecule is CCOc1ccc(P(=O)(O)c2ccc(OCC)cc2)cc1. The van der Waals surface area contributed by atoms with Crippen molar-refractivity contribution in [1.82, 2.24) is 0 Å². The molecule has 2 rings (SSSR count). The maximum atomic E-state index is 12.6. The van der Waals surface area contributed by atoms with Crippen molar-refractivity contribution >= 4 is 18.0 Å². The highest BCUT2D eigenvalue weighted by molar-refractivity contribution is 7.73. The van der Waals surface area contributed by atoms with Crippen molar-refractivity contribution in [3.05, 3.63) is 48.5 Å². The predicted octanol–water partition coefficient (Wildman–Crippen LogP) is 2.71. The molecule has 0 unspecified atom stereocenters. The second-order valence-electron chi connectivity index (χ2n) is 4.43. The van der Waals surface area contributed by atoms with Crippen LogP contribution >= 0.6 is 7.37 Å². The van der Waals surface area contributed by atoms with Crippen LogP contribution in [0.2, 0.25) is 0 Å². The number of benzene rings is 2. The van der Waals surface area contributed by atoms with Crippen LogP contribution in [0.4, 0.5) is 0 Å². The second-order valence-corrected chi connectivity index (χ2v) is 6.61. The lowest BCUT2D eigenvalue weighted by Gasteiger charge is -2.13. The van der Waals surface area contributed by atoms with E-state index in [0.717, 1.165) is 0 Å². The summed E-state index contributed by atoms with van der Waals surface area (Å²) in [6.07, 6.45) is 0. The van der Waals surface area contributed by atoms with E-state index in [1.54, 1.807) is 48.5 Å². The van der Waals surface area contributed by atoms with Gasteiger partial charge in [0.2, 0.25) is 0 Å². The smallest absolute Gasteiger partial charge is 0.258 e. The lowest BCUT2D eigenvalue weighted by atomic mass is 10.3. The van der Waals surface area contributed by atoms with Gasteiger partial charge in [-0.3, -0.25) is 4.57 Å². The van der Waals surface area contributed by atoms with Gasteiger partial charge in [-0.05, 0) is 62.4 Å². The number of ether oxygens (including phenoxy) is 2. The zero-order chi connectivity index (χ0) is 15.3. The summed E-state index contributed by atoms with van der Waals surface area (Å²) in [7, 11) is -3.59. The minimum atomic E-state index is -3.59. The molecule has 0 saturated carbocycles. The first kappa shape index (κ1) is 15.6. The van der Waals surface area contributed by atoms with E-state index in [1.807, 2.05) is 13.8 Å². The Balaban J connectivity index is 2.25. The van der Waals surface area contributed by atoms with Gasteiger partial charge < -0.3 is 14.4 Å². The van der Waals surface area contributed by atoms with Crippen LogP contribution in [-0.2, 0) is 4.57 Å². The van der Waals surface area contributed by atoms with E-state index < -0.39 is 7.37 Å². The van der Waals surface area contributed by atoms with Crippen LogP contribution in [0.5, 0.6) is 11.5 Å². The molecule has 0 amide bonds. The molecule has 0 aliphatic carbocycles. The Hall–Kier alpha value is -1.77. The molecule has 0 aromatic heterocycles. The Morgan fingerprint density at radius 3 is 1.43 bits per heavy atom. The third kappa shape index (κ3) is 3.66. The lowest BCUT2D eigenvalue weighted by Crippen LogP contribution is -2.15. The molecule has 0 aliphatic rings. The van der Waals surface area contributed by atoms with Crippen molar-refractivity contribution in [2.24, 2.45) is 0 Å². The molecule has 1 N–H and O–H groups in total. The van der Waals surface area contributed by atoms with Crippen LogP contribution in [0.15, 0.2) is 48.5 Å². The molecule has 0 bridgehead atoms. The van der Waals surface area contributed by atoms with Gasteiger partial charge in [0, 0.05) is 10.6 Å². The Morgan fingerprint density at radius 2 is 1.14 bits per heavy atom. The Bertz CT molecular complexity index is 566. The molecule has 0 spiro atoms. The number of hydrogen-bond acceptors (Lipinski definition) is 3. The maximum Gasteiger partial charge on any atom is 0.258 e. The first-order valence-electron chi connectivity index (χ1n) is 6.87. The molecule has 4 nitrogen and oxygen atoms in total. The molecular weight excluding hydrogens is 287 g/mol. The zero-order valence-electron chi connectivity index (χ0n) is 12.2. The van der Waals surface area contributed by atoms with Crippen LogP contribution in [0.1, 0.15) is 13.8 Å². The summed E-state index contributed by atoms with van der Waals surface area (Å²) in [5.41, 5.74) is 0. The highest BCUT2D eigenvalue weighted by Crippen LogP contribution is 2.38. The Labute approximate surface area is 124 Å². The Morgan fingerprint density at radius 1 is 0.810 bits per heavy atom. The molecule has 2 aromatic carbocycles. The largest absolute Gasteiger partial charge is 0.494 e. The monoisotopic (exact) mass is 306 g/mol. The molecule has 0 fully saturated rings. The lowest BCUT2D eigenvalue weighted by molar-refractivity contribution is 0.340. The van der Waals surface area contributed by atoms with Crippen LogP contribution in [0.25, 0.3) is 0 Å². The molecule has 112 valence electrons. The van der Waals surface area contributed by atoms with Gasteiger partial charge in [-0.1, -0.05) is 0 Å². The summed E-state index contributed by atoms with van der Waals surface area (Å²) in [6.45, 7) is 4.92.